The van der Waals surface area contributed by atoms with Crippen molar-refractivity contribution in [1.29, 1.82) is 0 Å². The molecule has 0 N–H and O–H groups in total. The quantitative estimate of drug-likeness (QED) is 0.386. The van der Waals surface area contributed by atoms with E-state index in [4.69, 9.17) is 14.2 Å². The van der Waals surface area contributed by atoms with Gasteiger partial charge in [0.1, 0.15) is 11.5 Å². The highest BCUT2D eigenvalue weighted by molar-refractivity contribution is 7.80. The summed E-state index contributed by atoms with van der Waals surface area (Å²) in [5, 5.41) is 3.79. The van der Waals surface area contributed by atoms with Crippen LogP contribution < -0.4 is 20.7 Å². The SMILES string of the molecule is CC.COC1=C(c2ccccc2P(c2ccccc2C)c2ccccc2OC)[C@@H](OC)CC=C1. The number of hydrogen-bond donors (Lipinski definition) is 0. The van der Waals surface area contributed by atoms with Crippen LogP contribution in [-0.4, -0.2) is 27.4 Å². The zero-order valence-corrected chi connectivity index (χ0v) is 21.9. The second kappa shape index (κ2) is 12.6. The molecule has 4 rings (SSSR count). The van der Waals surface area contributed by atoms with Crippen LogP contribution >= 0.6 is 7.92 Å². The summed E-state index contributed by atoms with van der Waals surface area (Å²) in [4.78, 5) is 0. The van der Waals surface area contributed by atoms with Crippen LogP contribution in [0.2, 0.25) is 0 Å². The molecule has 0 saturated carbocycles. The number of allylic oxidation sites excluding steroid dienone is 1. The maximum Gasteiger partial charge on any atom is 0.127 e. The summed E-state index contributed by atoms with van der Waals surface area (Å²) in [7, 11) is 4.36. The second-order valence-electron chi connectivity index (χ2n) is 7.66. The van der Waals surface area contributed by atoms with E-state index in [1.54, 1.807) is 21.3 Å². The molecule has 4 heteroatoms. The number of benzene rings is 3. The maximum absolute atomic E-state index is 5.90. The van der Waals surface area contributed by atoms with E-state index in [1.165, 1.54) is 27.0 Å². The first-order chi connectivity index (χ1) is 16.7. The van der Waals surface area contributed by atoms with E-state index in [-0.39, 0.29) is 6.10 Å². The lowest BCUT2D eigenvalue weighted by Gasteiger charge is -2.29. The highest BCUT2D eigenvalue weighted by Gasteiger charge is 2.29. The minimum absolute atomic E-state index is 0.0533. The third-order valence-electron chi connectivity index (χ3n) is 5.83. The van der Waals surface area contributed by atoms with E-state index in [1.807, 2.05) is 26.0 Å². The lowest BCUT2D eigenvalue weighted by atomic mass is 9.93. The molecule has 1 aliphatic rings. The third-order valence-corrected chi connectivity index (χ3v) is 8.54. The van der Waals surface area contributed by atoms with Crippen LogP contribution in [0.1, 0.15) is 31.4 Å². The minimum atomic E-state index is -0.882. The summed E-state index contributed by atoms with van der Waals surface area (Å²) in [6, 6.07) is 25.6. The van der Waals surface area contributed by atoms with Crippen LogP contribution in [-0.2, 0) is 9.47 Å². The smallest absolute Gasteiger partial charge is 0.127 e. The number of rotatable bonds is 7. The fourth-order valence-electron chi connectivity index (χ4n) is 4.28. The van der Waals surface area contributed by atoms with Crippen molar-refractivity contribution in [3.05, 3.63) is 102 Å². The fraction of sp³-hybridized carbons (Fsp3) is 0.267. The Labute approximate surface area is 205 Å². The van der Waals surface area contributed by atoms with Crippen molar-refractivity contribution in [3.8, 4) is 5.75 Å². The molecule has 0 heterocycles. The molecule has 1 unspecified atom stereocenters. The van der Waals surface area contributed by atoms with Crippen LogP contribution in [0.25, 0.3) is 5.57 Å². The topological polar surface area (TPSA) is 27.7 Å². The minimum Gasteiger partial charge on any atom is -0.496 e. The van der Waals surface area contributed by atoms with Crippen LogP contribution in [0.5, 0.6) is 5.75 Å². The van der Waals surface area contributed by atoms with Gasteiger partial charge in [-0.1, -0.05) is 86.7 Å². The molecule has 0 aliphatic heterocycles. The number of hydrogen-bond acceptors (Lipinski definition) is 3. The predicted molar refractivity (Wildman–Crippen MR) is 146 cm³/mol. The van der Waals surface area contributed by atoms with Gasteiger partial charge in [0.2, 0.25) is 0 Å². The van der Waals surface area contributed by atoms with E-state index < -0.39 is 7.92 Å². The van der Waals surface area contributed by atoms with E-state index in [0.717, 1.165) is 23.5 Å². The van der Waals surface area contributed by atoms with Gasteiger partial charge in [0.15, 0.2) is 0 Å². The van der Waals surface area contributed by atoms with Gasteiger partial charge in [-0.05, 0) is 55.1 Å². The molecular weight excluding hydrogens is 439 g/mol. The van der Waals surface area contributed by atoms with Crippen molar-refractivity contribution >= 4 is 29.4 Å². The molecule has 0 saturated heterocycles. The van der Waals surface area contributed by atoms with Gasteiger partial charge in [-0.2, -0.15) is 0 Å². The third kappa shape index (κ3) is 5.27. The van der Waals surface area contributed by atoms with E-state index >= 15 is 0 Å². The van der Waals surface area contributed by atoms with Gasteiger partial charge in [0.05, 0.1) is 20.3 Å². The van der Waals surface area contributed by atoms with Crippen molar-refractivity contribution in [2.45, 2.75) is 33.3 Å². The Morgan fingerprint density at radius 2 is 1.35 bits per heavy atom. The Morgan fingerprint density at radius 3 is 2.00 bits per heavy atom. The molecule has 3 aromatic carbocycles. The first kappa shape index (κ1) is 25.7. The summed E-state index contributed by atoms with van der Waals surface area (Å²) < 4.78 is 17.5. The van der Waals surface area contributed by atoms with Gasteiger partial charge in [-0.3, -0.25) is 0 Å². The Morgan fingerprint density at radius 1 is 0.735 bits per heavy atom. The molecule has 0 aromatic heterocycles. The predicted octanol–water partition coefficient (Wildman–Crippen LogP) is 6.12. The van der Waals surface area contributed by atoms with Gasteiger partial charge in [0.25, 0.3) is 0 Å². The fourth-order valence-corrected chi connectivity index (χ4v) is 7.01. The lowest BCUT2D eigenvalue weighted by molar-refractivity contribution is 0.145. The number of methoxy groups -OCH3 is 3. The van der Waals surface area contributed by atoms with Crippen LogP contribution in [0.15, 0.2) is 90.7 Å². The summed E-state index contributed by atoms with van der Waals surface area (Å²) in [6.45, 7) is 6.18. The van der Waals surface area contributed by atoms with Crippen molar-refractivity contribution in [2.75, 3.05) is 21.3 Å². The molecule has 3 aromatic rings. The highest BCUT2D eigenvalue weighted by Crippen LogP contribution is 2.41. The molecule has 34 heavy (non-hydrogen) atoms. The van der Waals surface area contributed by atoms with Gasteiger partial charge >= 0.3 is 0 Å². The average Bonchev–Trinajstić information content (AvgIpc) is 2.91. The van der Waals surface area contributed by atoms with E-state index in [2.05, 4.69) is 79.7 Å². The molecule has 2 atom stereocenters. The van der Waals surface area contributed by atoms with Crippen molar-refractivity contribution in [3.63, 3.8) is 0 Å². The van der Waals surface area contributed by atoms with Gasteiger partial charge in [0, 0.05) is 18.0 Å². The number of para-hydroxylation sites is 1. The van der Waals surface area contributed by atoms with Crippen molar-refractivity contribution in [1.82, 2.24) is 0 Å². The van der Waals surface area contributed by atoms with Crippen LogP contribution in [0.3, 0.4) is 0 Å². The molecule has 0 fully saturated rings. The van der Waals surface area contributed by atoms with E-state index in [0.29, 0.717) is 0 Å². The second-order valence-corrected chi connectivity index (χ2v) is 9.77. The molecule has 0 spiro atoms. The Bertz CT molecular complexity index is 1150. The van der Waals surface area contributed by atoms with E-state index in [9.17, 15) is 0 Å². The summed E-state index contributed by atoms with van der Waals surface area (Å²) in [5.74, 6) is 1.76. The summed E-state index contributed by atoms with van der Waals surface area (Å²) in [5.41, 5.74) is 3.54. The average molecular weight is 475 g/mol. The number of aryl methyl sites for hydroxylation is 1. The molecular formula is C30H35O3P. The van der Waals surface area contributed by atoms with Crippen molar-refractivity contribution < 1.29 is 14.2 Å². The largest absolute Gasteiger partial charge is 0.496 e. The molecule has 178 valence electrons. The van der Waals surface area contributed by atoms with Crippen molar-refractivity contribution in [2.24, 2.45) is 0 Å². The van der Waals surface area contributed by atoms with Crippen LogP contribution in [0, 0.1) is 6.92 Å². The maximum atomic E-state index is 5.90. The Balaban J connectivity index is 0.00000158. The summed E-state index contributed by atoms with van der Waals surface area (Å²) in [6.07, 6.45) is 4.94. The molecule has 0 radical (unpaired) electrons. The summed E-state index contributed by atoms with van der Waals surface area (Å²) >= 11 is 0. The van der Waals surface area contributed by atoms with Gasteiger partial charge in [-0.25, -0.2) is 0 Å². The Kier molecular flexibility index (Phi) is 9.51. The van der Waals surface area contributed by atoms with Crippen LogP contribution in [0.4, 0.5) is 0 Å². The van der Waals surface area contributed by atoms with Gasteiger partial charge < -0.3 is 14.2 Å². The monoisotopic (exact) mass is 474 g/mol. The highest BCUT2D eigenvalue weighted by atomic mass is 31.1. The zero-order valence-electron chi connectivity index (χ0n) is 21.0. The molecule has 0 bridgehead atoms. The zero-order chi connectivity index (χ0) is 24.5. The first-order valence-corrected chi connectivity index (χ1v) is 13.1. The normalized spacial score (nSPS) is 15.9. The molecule has 3 nitrogen and oxygen atoms in total. The lowest BCUT2D eigenvalue weighted by Crippen LogP contribution is -2.28. The Hall–Kier alpha value is -2.87. The standard InChI is InChI=1S/C28H29O3P.C2H6/c1-20-12-5-8-17-25(20)32(27-19-10-7-14-22(27)29-2)26-18-9-6-13-21(26)28-23(30-3)15-11-16-24(28)31-4;1-2/h5-15,17-19,24H,16H2,1-4H3;1-2H3/t24-,32?;/m0./s1. The van der Waals surface area contributed by atoms with Gasteiger partial charge in [-0.15, -0.1) is 0 Å². The molecule has 0 amide bonds. The number of ether oxygens (including phenoxy) is 3. The molecule has 1 aliphatic carbocycles. The first-order valence-electron chi connectivity index (χ1n) is 11.7.